The second-order valence-corrected chi connectivity index (χ2v) is 9.87. The molecule has 0 spiro atoms. The molecule has 1 saturated heterocycles. The van der Waals surface area contributed by atoms with Crippen LogP contribution in [-0.4, -0.2) is 47.8 Å². The van der Waals surface area contributed by atoms with E-state index in [1.54, 1.807) is 13.3 Å². The summed E-state index contributed by atoms with van der Waals surface area (Å²) in [4.78, 5) is 6.91. The van der Waals surface area contributed by atoms with Crippen LogP contribution in [0.5, 0.6) is 5.88 Å². The highest BCUT2D eigenvalue weighted by Gasteiger charge is 2.33. The van der Waals surface area contributed by atoms with Gasteiger partial charge >= 0.3 is 0 Å². The van der Waals surface area contributed by atoms with Crippen molar-refractivity contribution in [2.24, 2.45) is 0 Å². The number of aromatic nitrogens is 1. The molecule has 1 unspecified atom stereocenters. The van der Waals surface area contributed by atoms with Crippen molar-refractivity contribution in [2.75, 3.05) is 26.7 Å². The molecular weight excluding hydrogens is 492 g/mol. The number of fused-ring (bicyclic) bond motifs is 2. The van der Waals surface area contributed by atoms with Gasteiger partial charge in [-0.25, -0.2) is 4.98 Å². The molecule has 5 rings (SSSR count). The van der Waals surface area contributed by atoms with E-state index in [1.165, 1.54) is 0 Å². The van der Waals surface area contributed by atoms with E-state index >= 15 is 0 Å². The Hall–Kier alpha value is -2.51. The highest BCUT2D eigenvalue weighted by Crippen LogP contribution is 2.37. The SMILES string of the molecule is COC1C=CC=C2Oc3ncccc3C(=CCCN3CCC(O)(c4ccc(Br)cc4)CC3)C=C21. The number of benzene rings is 1. The molecule has 1 aromatic carbocycles. The number of allylic oxidation sites excluding steroid dienone is 4. The largest absolute Gasteiger partial charge is 0.438 e. The van der Waals surface area contributed by atoms with Crippen LogP contribution in [0.1, 0.15) is 30.4 Å². The Morgan fingerprint density at radius 2 is 2.03 bits per heavy atom. The van der Waals surface area contributed by atoms with E-state index < -0.39 is 5.60 Å². The van der Waals surface area contributed by atoms with Gasteiger partial charge < -0.3 is 19.5 Å². The topological polar surface area (TPSA) is 54.8 Å². The molecule has 1 fully saturated rings. The molecule has 0 amide bonds. The van der Waals surface area contributed by atoms with Gasteiger partial charge in [-0.05, 0) is 66.8 Å². The summed E-state index contributed by atoms with van der Waals surface area (Å²) in [6.07, 6.45) is 14.4. The molecular formula is C28H29BrN2O3. The van der Waals surface area contributed by atoms with E-state index in [0.29, 0.717) is 5.88 Å². The van der Waals surface area contributed by atoms with Crippen molar-refractivity contribution in [3.63, 3.8) is 0 Å². The number of pyridine rings is 1. The predicted octanol–water partition coefficient (Wildman–Crippen LogP) is 5.39. The van der Waals surface area contributed by atoms with Crippen molar-refractivity contribution in [1.29, 1.82) is 0 Å². The molecule has 2 aromatic rings. The molecule has 1 N–H and O–H groups in total. The van der Waals surface area contributed by atoms with Crippen LogP contribution in [0.3, 0.4) is 0 Å². The molecule has 1 atom stereocenters. The van der Waals surface area contributed by atoms with E-state index in [2.05, 4.69) is 44.0 Å². The summed E-state index contributed by atoms with van der Waals surface area (Å²) in [5.41, 5.74) is 3.36. The first-order chi connectivity index (χ1) is 16.6. The highest BCUT2D eigenvalue weighted by molar-refractivity contribution is 9.10. The molecule has 6 heteroatoms. The number of likely N-dealkylation sites (tertiary alicyclic amines) is 1. The number of hydrogen-bond acceptors (Lipinski definition) is 5. The van der Waals surface area contributed by atoms with Crippen molar-refractivity contribution in [3.05, 3.63) is 99.9 Å². The molecule has 176 valence electrons. The molecule has 5 nitrogen and oxygen atoms in total. The Morgan fingerprint density at radius 3 is 2.79 bits per heavy atom. The number of piperidine rings is 1. The summed E-state index contributed by atoms with van der Waals surface area (Å²) in [5.74, 6) is 1.40. The van der Waals surface area contributed by atoms with Crippen molar-refractivity contribution in [1.82, 2.24) is 9.88 Å². The summed E-state index contributed by atoms with van der Waals surface area (Å²) < 4.78 is 12.9. The minimum absolute atomic E-state index is 0.143. The molecule has 1 aliphatic carbocycles. The van der Waals surface area contributed by atoms with E-state index in [9.17, 15) is 5.11 Å². The molecule has 0 saturated carbocycles. The Kier molecular flexibility index (Phi) is 6.84. The average Bonchev–Trinajstić information content (AvgIpc) is 3.02. The molecule has 2 aliphatic heterocycles. The Labute approximate surface area is 209 Å². The lowest BCUT2D eigenvalue weighted by atomic mass is 9.84. The van der Waals surface area contributed by atoms with E-state index in [1.807, 2.05) is 48.6 Å². The van der Waals surface area contributed by atoms with Crippen LogP contribution in [0.25, 0.3) is 5.57 Å². The fourth-order valence-corrected chi connectivity index (χ4v) is 5.11. The minimum atomic E-state index is -0.740. The highest BCUT2D eigenvalue weighted by atomic mass is 79.9. The van der Waals surface area contributed by atoms with Crippen LogP contribution in [0.15, 0.2) is 88.8 Å². The molecule has 3 heterocycles. The number of nitrogens with zero attached hydrogens (tertiary/aromatic N) is 2. The van der Waals surface area contributed by atoms with Crippen LogP contribution in [0, 0.1) is 0 Å². The van der Waals surface area contributed by atoms with Gasteiger partial charge in [-0.3, -0.25) is 0 Å². The first kappa shape index (κ1) is 23.2. The molecule has 0 bridgehead atoms. The fraction of sp³-hybridized carbons (Fsp3) is 0.321. The number of ether oxygens (including phenoxy) is 2. The number of halogens is 1. The van der Waals surface area contributed by atoms with Gasteiger partial charge in [0.25, 0.3) is 0 Å². The van der Waals surface area contributed by atoms with Crippen LogP contribution in [-0.2, 0) is 10.3 Å². The lowest BCUT2D eigenvalue weighted by molar-refractivity contribution is -0.0254. The van der Waals surface area contributed by atoms with Crippen molar-refractivity contribution in [2.45, 2.75) is 31.0 Å². The zero-order valence-electron chi connectivity index (χ0n) is 19.3. The van der Waals surface area contributed by atoms with Gasteiger partial charge in [-0.1, -0.05) is 46.3 Å². The lowest BCUT2D eigenvalue weighted by Gasteiger charge is -2.38. The fourth-order valence-electron chi connectivity index (χ4n) is 4.84. The summed E-state index contributed by atoms with van der Waals surface area (Å²) in [6.45, 7) is 2.69. The molecule has 3 aliphatic rings. The third-order valence-corrected chi connectivity index (χ3v) is 7.38. The van der Waals surface area contributed by atoms with Gasteiger partial charge in [0.15, 0.2) is 0 Å². The van der Waals surface area contributed by atoms with Crippen LogP contribution in [0.4, 0.5) is 0 Å². The number of aliphatic hydroxyl groups is 1. The first-order valence-corrected chi connectivity index (χ1v) is 12.5. The second kappa shape index (κ2) is 10.0. The van der Waals surface area contributed by atoms with Crippen molar-refractivity contribution >= 4 is 21.5 Å². The van der Waals surface area contributed by atoms with Gasteiger partial charge in [0.2, 0.25) is 5.88 Å². The standard InChI is InChI=1S/C28H29BrN2O3/c1-33-25-7-2-8-26-24(25)19-20(23-6-3-15-30-27(23)34-26)5-4-16-31-17-13-28(32,14-18-31)21-9-11-22(29)12-10-21/h2-3,5-12,15,19,25,32H,4,13-14,16-18H2,1H3. The monoisotopic (exact) mass is 520 g/mol. The average molecular weight is 521 g/mol. The summed E-state index contributed by atoms with van der Waals surface area (Å²) in [5, 5.41) is 11.2. The maximum atomic E-state index is 11.2. The van der Waals surface area contributed by atoms with E-state index in [0.717, 1.165) is 71.4 Å². The van der Waals surface area contributed by atoms with Crippen LogP contribution >= 0.6 is 15.9 Å². The van der Waals surface area contributed by atoms with Gasteiger partial charge in [-0.2, -0.15) is 0 Å². The second-order valence-electron chi connectivity index (χ2n) is 8.96. The van der Waals surface area contributed by atoms with E-state index in [-0.39, 0.29) is 6.10 Å². The quantitative estimate of drug-likeness (QED) is 0.572. The van der Waals surface area contributed by atoms with Gasteiger partial charge in [-0.15, -0.1) is 0 Å². The molecule has 34 heavy (non-hydrogen) atoms. The Morgan fingerprint density at radius 1 is 1.24 bits per heavy atom. The first-order valence-electron chi connectivity index (χ1n) is 11.7. The number of rotatable bonds is 5. The maximum Gasteiger partial charge on any atom is 0.227 e. The number of hydrogen-bond donors (Lipinski definition) is 1. The van der Waals surface area contributed by atoms with Crippen LogP contribution in [0.2, 0.25) is 0 Å². The zero-order valence-corrected chi connectivity index (χ0v) is 20.9. The lowest BCUT2D eigenvalue weighted by Crippen LogP contribution is -2.42. The third kappa shape index (κ3) is 4.82. The zero-order chi connectivity index (χ0) is 23.5. The minimum Gasteiger partial charge on any atom is -0.438 e. The maximum absolute atomic E-state index is 11.2. The van der Waals surface area contributed by atoms with Crippen molar-refractivity contribution < 1.29 is 14.6 Å². The van der Waals surface area contributed by atoms with Gasteiger partial charge in [0.05, 0.1) is 5.60 Å². The number of methoxy groups -OCH3 is 1. The van der Waals surface area contributed by atoms with Crippen LogP contribution < -0.4 is 4.74 Å². The molecule has 0 radical (unpaired) electrons. The summed E-state index contributed by atoms with van der Waals surface area (Å²) >= 11 is 3.47. The van der Waals surface area contributed by atoms with Gasteiger partial charge in [0, 0.05) is 48.6 Å². The predicted molar refractivity (Wildman–Crippen MR) is 137 cm³/mol. The molecule has 1 aromatic heterocycles. The third-order valence-electron chi connectivity index (χ3n) is 6.85. The van der Waals surface area contributed by atoms with E-state index in [4.69, 9.17) is 9.47 Å². The smallest absolute Gasteiger partial charge is 0.227 e. The summed E-state index contributed by atoms with van der Waals surface area (Å²) in [7, 11) is 1.71. The van der Waals surface area contributed by atoms with Gasteiger partial charge in [0.1, 0.15) is 11.9 Å². The summed E-state index contributed by atoms with van der Waals surface area (Å²) in [6, 6.07) is 12.0. The Bertz CT molecular complexity index is 1160. The van der Waals surface area contributed by atoms with Crippen molar-refractivity contribution in [3.8, 4) is 5.88 Å². The normalized spacial score (nSPS) is 22.8. The Balaban J connectivity index is 1.29.